The number of carbonyl (C=O) groups excluding carboxylic acids is 1. The molecule has 2 aliphatic rings. The van der Waals surface area contributed by atoms with Gasteiger partial charge in [0.25, 0.3) is 0 Å². The number of oxime groups is 1. The average molecular weight is 283 g/mol. The third-order valence-electron chi connectivity index (χ3n) is 4.76. The van der Waals surface area contributed by atoms with Gasteiger partial charge in [0, 0.05) is 19.1 Å². The standard InChI is InChI=1S/C14H25N3O3/c1-2-11-10(5-8-20-11)9-16-13(18)14(12(15)17-19)6-3-4-7-14/h10-11,19H,2-9H2,1H3,(H2,15,17)(H,16,18). The Kier molecular flexibility index (Phi) is 4.86. The third kappa shape index (κ3) is 2.75. The van der Waals surface area contributed by atoms with Gasteiger partial charge in [-0.1, -0.05) is 24.9 Å². The lowest BCUT2D eigenvalue weighted by Gasteiger charge is -2.27. The van der Waals surface area contributed by atoms with E-state index in [2.05, 4.69) is 17.4 Å². The zero-order valence-corrected chi connectivity index (χ0v) is 12.1. The van der Waals surface area contributed by atoms with Crippen molar-refractivity contribution in [3.63, 3.8) is 0 Å². The van der Waals surface area contributed by atoms with Gasteiger partial charge in [-0.2, -0.15) is 0 Å². The summed E-state index contributed by atoms with van der Waals surface area (Å²) < 4.78 is 5.63. The first-order chi connectivity index (χ1) is 9.64. The minimum Gasteiger partial charge on any atom is -0.409 e. The molecule has 0 spiro atoms. The van der Waals surface area contributed by atoms with Crippen LogP contribution in [0.5, 0.6) is 0 Å². The highest BCUT2D eigenvalue weighted by Gasteiger charge is 2.45. The van der Waals surface area contributed by atoms with Crippen molar-refractivity contribution in [3.05, 3.63) is 0 Å². The van der Waals surface area contributed by atoms with Crippen molar-refractivity contribution in [1.29, 1.82) is 0 Å². The smallest absolute Gasteiger partial charge is 0.233 e. The molecule has 0 aromatic heterocycles. The number of amides is 1. The minimum atomic E-state index is -0.810. The van der Waals surface area contributed by atoms with Gasteiger partial charge in [0.05, 0.1) is 6.10 Å². The SMILES string of the molecule is CCC1OCCC1CNC(=O)C1(C(N)=NO)CCCC1. The fourth-order valence-corrected chi connectivity index (χ4v) is 3.44. The van der Waals surface area contributed by atoms with Crippen LogP contribution in [0.15, 0.2) is 5.16 Å². The van der Waals surface area contributed by atoms with Crippen LogP contribution in [0.25, 0.3) is 0 Å². The van der Waals surface area contributed by atoms with E-state index in [0.29, 0.717) is 25.3 Å². The van der Waals surface area contributed by atoms with Crippen molar-refractivity contribution in [1.82, 2.24) is 5.32 Å². The maximum Gasteiger partial charge on any atom is 0.233 e. The first kappa shape index (κ1) is 15.1. The Morgan fingerprint density at radius 2 is 2.20 bits per heavy atom. The van der Waals surface area contributed by atoms with Gasteiger partial charge in [0.2, 0.25) is 5.91 Å². The Balaban J connectivity index is 1.96. The van der Waals surface area contributed by atoms with E-state index in [1.165, 1.54) is 0 Å². The van der Waals surface area contributed by atoms with E-state index >= 15 is 0 Å². The van der Waals surface area contributed by atoms with Crippen molar-refractivity contribution in [2.45, 2.75) is 51.6 Å². The van der Waals surface area contributed by atoms with Gasteiger partial charge < -0.3 is 21.0 Å². The van der Waals surface area contributed by atoms with Crippen LogP contribution in [-0.2, 0) is 9.53 Å². The Morgan fingerprint density at radius 1 is 1.50 bits per heavy atom. The molecule has 1 saturated heterocycles. The van der Waals surface area contributed by atoms with Crippen LogP contribution >= 0.6 is 0 Å². The number of carbonyl (C=O) groups is 1. The summed E-state index contributed by atoms with van der Waals surface area (Å²) in [6.45, 7) is 3.47. The lowest BCUT2D eigenvalue weighted by molar-refractivity contribution is -0.127. The lowest BCUT2D eigenvalue weighted by Crippen LogP contribution is -2.49. The predicted molar refractivity (Wildman–Crippen MR) is 75.5 cm³/mol. The highest BCUT2D eigenvalue weighted by Crippen LogP contribution is 2.38. The summed E-state index contributed by atoms with van der Waals surface area (Å²) in [5.41, 5.74) is 4.96. The Morgan fingerprint density at radius 3 is 2.80 bits per heavy atom. The van der Waals surface area contributed by atoms with Crippen molar-refractivity contribution in [2.75, 3.05) is 13.2 Å². The molecular weight excluding hydrogens is 258 g/mol. The van der Waals surface area contributed by atoms with Crippen LogP contribution in [-0.4, -0.2) is 36.2 Å². The second-order valence-electron chi connectivity index (χ2n) is 5.85. The van der Waals surface area contributed by atoms with Crippen LogP contribution in [0.2, 0.25) is 0 Å². The van der Waals surface area contributed by atoms with Crippen molar-refractivity contribution in [3.8, 4) is 0 Å². The normalized spacial score (nSPS) is 29.6. The van der Waals surface area contributed by atoms with Gasteiger partial charge in [-0.15, -0.1) is 0 Å². The van der Waals surface area contributed by atoms with Crippen LogP contribution in [0.1, 0.15) is 45.4 Å². The van der Waals surface area contributed by atoms with E-state index in [0.717, 1.165) is 32.3 Å². The molecule has 6 heteroatoms. The Hall–Kier alpha value is -1.30. The van der Waals surface area contributed by atoms with Crippen LogP contribution in [0, 0.1) is 11.3 Å². The predicted octanol–water partition coefficient (Wildman–Crippen LogP) is 1.22. The fraction of sp³-hybridized carbons (Fsp3) is 0.857. The topological polar surface area (TPSA) is 96.9 Å². The molecule has 2 atom stereocenters. The molecule has 1 aliphatic heterocycles. The minimum absolute atomic E-state index is 0.0437. The fourth-order valence-electron chi connectivity index (χ4n) is 3.44. The molecule has 2 rings (SSSR count). The average Bonchev–Trinajstić information content (AvgIpc) is 3.12. The number of rotatable bonds is 5. The Labute approximate surface area is 119 Å². The molecule has 4 N–H and O–H groups in total. The maximum atomic E-state index is 12.5. The van der Waals surface area contributed by atoms with E-state index in [4.69, 9.17) is 15.7 Å². The van der Waals surface area contributed by atoms with Gasteiger partial charge in [0.1, 0.15) is 5.41 Å². The Bertz CT molecular complexity index is 378. The van der Waals surface area contributed by atoms with Gasteiger partial charge in [-0.3, -0.25) is 4.79 Å². The van der Waals surface area contributed by atoms with Gasteiger partial charge in [0.15, 0.2) is 5.84 Å². The molecule has 0 bridgehead atoms. The largest absolute Gasteiger partial charge is 0.409 e. The van der Waals surface area contributed by atoms with Crippen LogP contribution in [0.3, 0.4) is 0 Å². The number of hydrogen-bond acceptors (Lipinski definition) is 4. The highest BCUT2D eigenvalue weighted by molar-refractivity contribution is 6.07. The molecule has 114 valence electrons. The summed E-state index contributed by atoms with van der Waals surface area (Å²) >= 11 is 0. The summed E-state index contributed by atoms with van der Waals surface area (Å²) in [5, 5.41) is 15.0. The second kappa shape index (κ2) is 6.43. The molecule has 2 unspecified atom stereocenters. The summed E-state index contributed by atoms with van der Waals surface area (Å²) in [4.78, 5) is 12.5. The van der Waals surface area contributed by atoms with Gasteiger partial charge in [-0.05, 0) is 25.7 Å². The number of nitrogens with one attached hydrogen (secondary N) is 1. The first-order valence-corrected chi connectivity index (χ1v) is 7.52. The summed E-state index contributed by atoms with van der Waals surface area (Å²) in [6, 6.07) is 0. The van der Waals surface area contributed by atoms with Crippen LogP contribution < -0.4 is 11.1 Å². The number of nitrogens with two attached hydrogens (primary N) is 1. The second-order valence-corrected chi connectivity index (χ2v) is 5.85. The molecule has 0 aromatic rings. The van der Waals surface area contributed by atoms with Crippen molar-refractivity contribution >= 4 is 11.7 Å². The molecule has 0 radical (unpaired) electrons. The number of ether oxygens (including phenoxy) is 1. The monoisotopic (exact) mass is 283 g/mol. The summed E-state index contributed by atoms with van der Waals surface area (Å²) in [7, 11) is 0. The zero-order chi connectivity index (χ0) is 14.6. The maximum absolute atomic E-state index is 12.5. The van der Waals surface area contributed by atoms with E-state index in [9.17, 15) is 4.79 Å². The quantitative estimate of drug-likeness (QED) is 0.306. The van der Waals surface area contributed by atoms with E-state index in [-0.39, 0.29) is 17.8 Å². The zero-order valence-electron chi connectivity index (χ0n) is 12.1. The number of amidine groups is 1. The first-order valence-electron chi connectivity index (χ1n) is 7.52. The lowest BCUT2D eigenvalue weighted by atomic mass is 9.83. The molecule has 0 aromatic carbocycles. The van der Waals surface area contributed by atoms with Crippen LogP contribution in [0.4, 0.5) is 0 Å². The molecule has 20 heavy (non-hydrogen) atoms. The number of nitrogens with zero attached hydrogens (tertiary/aromatic N) is 1. The molecule has 1 aliphatic carbocycles. The molecule has 1 heterocycles. The van der Waals surface area contributed by atoms with E-state index in [1.807, 2.05) is 0 Å². The van der Waals surface area contributed by atoms with E-state index < -0.39 is 5.41 Å². The van der Waals surface area contributed by atoms with Crippen molar-refractivity contribution in [2.24, 2.45) is 22.2 Å². The summed E-state index contributed by atoms with van der Waals surface area (Å²) in [6.07, 6.45) is 5.38. The molecule has 6 nitrogen and oxygen atoms in total. The van der Waals surface area contributed by atoms with Gasteiger partial charge >= 0.3 is 0 Å². The summed E-state index contributed by atoms with van der Waals surface area (Å²) in [5.74, 6) is 0.309. The number of hydrogen-bond donors (Lipinski definition) is 3. The molecule has 1 amide bonds. The molecular formula is C14H25N3O3. The van der Waals surface area contributed by atoms with Gasteiger partial charge in [-0.25, -0.2) is 0 Å². The third-order valence-corrected chi connectivity index (χ3v) is 4.76. The van der Waals surface area contributed by atoms with Crippen molar-refractivity contribution < 1.29 is 14.7 Å². The molecule has 1 saturated carbocycles. The molecule has 2 fully saturated rings. The van der Waals surface area contributed by atoms with E-state index in [1.54, 1.807) is 0 Å². The highest BCUT2D eigenvalue weighted by atomic mass is 16.5.